The van der Waals surface area contributed by atoms with Crippen LogP contribution in [0.25, 0.3) is 0 Å². The average molecular weight is 384 g/mol. The van der Waals surface area contributed by atoms with Crippen LogP contribution in [0, 0.1) is 0 Å². The maximum Gasteiger partial charge on any atom is 0.0956 e. The summed E-state index contributed by atoms with van der Waals surface area (Å²) in [5.74, 6) is 1.52. The van der Waals surface area contributed by atoms with Crippen molar-refractivity contribution in [2.45, 2.75) is 60.6 Å². The van der Waals surface area contributed by atoms with Gasteiger partial charge in [-0.1, -0.05) is 86.8 Å². The Morgan fingerprint density at radius 2 is 1.38 bits per heavy atom. The second kappa shape index (κ2) is 12.5. The highest BCUT2D eigenvalue weighted by molar-refractivity contribution is 8.00. The lowest BCUT2D eigenvalue weighted by molar-refractivity contribution is 0.250. The van der Waals surface area contributed by atoms with E-state index in [0.717, 1.165) is 17.9 Å². The van der Waals surface area contributed by atoms with Crippen molar-refractivity contribution in [1.82, 2.24) is 0 Å². The molecule has 0 fully saturated rings. The molecule has 0 aliphatic rings. The molecule has 0 saturated carbocycles. The molecule has 0 aliphatic heterocycles. The van der Waals surface area contributed by atoms with Gasteiger partial charge in [-0.15, -0.1) is 11.8 Å². The first-order chi connectivity index (χ1) is 12.7. The summed E-state index contributed by atoms with van der Waals surface area (Å²) in [6, 6.07) is 20.8. The predicted octanol–water partition coefficient (Wildman–Crippen LogP) is 6.08. The van der Waals surface area contributed by atoms with Crippen molar-refractivity contribution < 1.29 is 5.11 Å². The van der Waals surface area contributed by atoms with Gasteiger partial charge in [0, 0.05) is 16.8 Å². The molecule has 0 aromatic heterocycles. The Balaban J connectivity index is 1.88. The number of hydrogen-bond donors (Lipinski definition) is 1. The normalized spacial score (nSPS) is 14.7. The Kier molecular flexibility index (Phi) is 10.3. The second-order valence-corrected chi connectivity index (χ2v) is 8.93. The van der Waals surface area contributed by atoms with E-state index in [1.54, 1.807) is 11.8 Å². The summed E-state index contributed by atoms with van der Waals surface area (Å²) in [6.45, 7) is 2.22. The van der Waals surface area contributed by atoms with Crippen LogP contribution >= 0.6 is 23.5 Å². The lowest BCUT2D eigenvalue weighted by Gasteiger charge is -2.28. The number of aliphatic hydroxyl groups is 1. The van der Waals surface area contributed by atoms with Crippen molar-refractivity contribution in [2.75, 3.05) is 0 Å². The first kappa shape index (κ1) is 21.5. The second-order valence-electron chi connectivity index (χ2n) is 6.60. The van der Waals surface area contributed by atoms with Crippen LogP contribution in [-0.2, 0) is 11.5 Å². The third kappa shape index (κ3) is 7.81. The summed E-state index contributed by atoms with van der Waals surface area (Å²) in [4.78, 5) is 0. The Bertz CT molecular complexity index is 594. The van der Waals surface area contributed by atoms with Gasteiger partial charge in [-0.3, -0.25) is 0 Å². The zero-order valence-corrected chi connectivity index (χ0v) is 17.2. The summed E-state index contributed by atoms with van der Waals surface area (Å²) in [5.41, 5.74) is 2.00. The van der Waals surface area contributed by atoms with Crippen molar-refractivity contribution in [3.8, 4) is 0 Å². The van der Waals surface area contributed by atoms with Crippen LogP contribution in [0.3, 0.4) is 0 Å². The molecule has 0 bridgehead atoms. The Morgan fingerprint density at radius 3 is 1.92 bits per heavy atom. The highest BCUT2D eigenvalue weighted by atomic mass is 32.2. The van der Waals surface area contributed by atoms with E-state index in [4.69, 9.17) is 7.85 Å². The zero-order chi connectivity index (χ0) is 18.6. The third-order valence-electron chi connectivity index (χ3n) is 4.42. The monoisotopic (exact) mass is 384 g/mol. The van der Waals surface area contributed by atoms with E-state index in [-0.39, 0.29) is 11.1 Å². The van der Waals surface area contributed by atoms with Crippen LogP contribution < -0.4 is 0 Å². The maximum atomic E-state index is 10.6. The highest BCUT2D eigenvalue weighted by Gasteiger charge is 2.24. The van der Waals surface area contributed by atoms with Gasteiger partial charge in [-0.05, 0) is 23.4 Å². The van der Waals surface area contributed by atoms with Crippen LogP contribution in [0.1, 0.15) is 43.7 Å². The van der Waals surface area contributed by atoms with Gasteiger partial charge in [0.15, 0.2) is 0 Å². The van der Waals surface area contributed by atoms with Gasteiger partial charge in [0.1, 0.15) is 0 Å². The van der Waals surface area contributed by atoms with Gasteiger partial charge >= 0.3 is 0 Å². The Labute approximate surface area is 168 Å². The van der Waals surface area contributed by atoms with E-state index in [2.05, 4.69) is 43.3 Å². The molecule has 4 heteroatoms. The molecule has 2 rings (SSSR count). The van der Waals surface area contributed by atoms with E-state index in [1.807, 2.05) is 36.0 Å². The van der Waals surface area contributed by atoms with E-state index >= 15 is 0 Å². The molecule has 3 unspecified atom stereocenters. The number of aliphatic hydroxyl groups excluding tert-OH is 1. The molecular formula is C22H29BOS2. The fourth-order valence-electron chi connectivity index (χ4n) is 2.81. The highest BCUT2D eigenvalue weighted by Crippen LogP contribution is 2.36. The Hall–Kier alpha value is -0.835. The molecule has 1 nitrogen and oxygen atoms in total. The van der Waals surface area contributed by atoms with Gasteiger partial charge < -0.3 is 5.11 Å². The molecule has 0 spiro atoms. The minimum Gasteiger partial charge on any atom is -0.383 e. The van der Waals surface area contributed by atoms with E-state index in [9.17, 15) is 5.11 Å². The van der Waals surface area contributed by atoms with Crippen molar-refractivity contribution in [3.63, 3.8) is 0 Å². The SMILES string of the molecule is [B]C(C(O)SCc1ccccc1)C(CCCCC)SCc1ccccc1. The quantitative estimate of drug-likeness (QED) is 0.272. The van der Waals surface area contributed by atoms with Crippen LogP contribution in [0.15, 0.2) is 60.7 Å². The fraction of sp³-hybridized carbons (Fsp3) is 0.455. The first-order valence-corrected chi connectivity index (χ1v) is 11.5. The molecule has 3 atom stereocenters. The minimum atomic E-state index is -0.537. The first-order valence-electron chi connectivity index (χ1n) is 9.45. The number of thioether (sulfide) groups is 2. The molecule has 0 saturated heterocycles. The number of unbranched alkanes of at least 4 members (excludes halogenated alkanes) is 2. The summed E-state index contributed by atoms with van der Waals surface area (Å²) in [7, 11) is 6.48. The molecular weight excluding hydrogens is 355 g/mol. The predicted molar refractivity (Wildman–Crippen MR) is 119 cm³/mol. The van der Waals surface area contributed by atoms with Crippen molar-refractivity contribution >= 4 is 31.4 Å². The van der Waals surface area contributed by atoms with E-state index in [0.29, 0.717) is 0 Å². The average Bonchev–Trinajstić information content (AvgIpc) is 2.70. The summed E-state index contributed by atoms with van der Waals surface area (Å²) in [6.07, 6.45) is 4.67. The summed E-state index contributed by atoms with van der Waals surface area (Å²) >= 11 is 3.43. The molecule has 2 aromatic carbocycles. The standard InChI is InChI=1S/C22H29BOS2/c1-2-3-6-15-20(25-16-18-11-7-4-8-12-18)21(23)22(24)26-17-19-13-9-5-10-14-19/h4-5,7-14,20-22,24H,2-3,6,15-17H2,1H3. The van der Waals surface area contributed by atoms with Crippen LogP contribution in [-0.4, -0.2) is 23.6 Å². The van der Waals surface area contributed by atoms with Gasteiger partial charge in [-0.2, -0.15) is 11.8 Å². The van der Waals surface area contributed by atoms with Crippen molar-refractivity contribution in [1.29, 1.82) is 0 Å². The molecule has 1 N–H and O–H groups in total. The van der Waals surface area contributed by atoms with Crippen LogP contribution in [0.5, 0.6) is 0 Å². The van der Waals surface area contributed by atoms with Gasteiger partial charge in [-0.25, -0.2) is 0 Å². The summed E-state index contributed by atoms with van der Waals surface area (Å²) in [5, 5.41) is 10.9. The molecule has 2 aromatic rings. The lowest BCUT2D eigenvalue weighted by atomic mass is 9.83. The minimum absolute atomic E-state index is 0.214. The molecule has 0 aliphatic carbocycles. The summed E-state index contributed by atoms with van der Waals surface area (Å²) < 4.78 is 0. The topological polar surface area (TPSA) is 20.2 Å². The number of benzene rings is 2. The molecule has 0 amide bonds. The zero-order valence-electron chi connectivity index (χ0n) is 15.6. The number of hydrogen-bond acceptors (Lipinski definition) is 3. The maximum absolute atomic E-state index is 10.6. The Morgan fingerprint density at radius 1 is 0.846 bits per heavy atom. The number of rotatable bonds is 12. The smallest absolute Gasteiger partial charge is 0.0956 e. The molecule has 26 heavy (non-hydrogen) atoms. The third-order valence-corrected chi connectivity index (χ3v) is 7.06. The van der Waals surface area contributed by atoms with Gasteiger partial charge in [0.25, 0.3) is 0 Å². The molecule has 138 valence electrons. The van der Waals surface area contributed by atoms with Crippen molar-refractivity contribution in [2.24, 2.45) is 0 Å². The van der Waals surface area contributed by atoms with Crippen molar-refractivity contribution in [3.05, 3.63) is 71.8 Å². The van der Waals surface area contributed by atoms with Crippen LogP contribution in [0.4, 0.5) is 0 Å². The van der Waals surface area contributed by atoms with Gasteiger partial charge in [0.2, 0.25) is 0 Å². The lowest BCUT2D eigenvalue weighted by Crippen LogP contribution is -2.23. The van der Waals surface area contributed by atoms with Crippen LogP contribution in [0.2, 0.25) is 5.82 Å². The van der Waals surface area contributed by atoms with E-state index in [1.165, 1.54) is 30.4 Å². The van der Waals surface area contributed by atoms with Gasteiger partial charge in [0.05, 0.1) is 13.3 Å². The molecule has 2 radical (unpaired) electrons. The molecule has 0 heterocycles. The fourth-order valence-corrected chi connectivity index (χ4v) is 5.18. The van der Waals surface area contributed by atoms with E-state index < -0.39 is 5.44 Å². The largest absolute Gasteiger partial charge is 0.383 e.